The largest absolute Gasteiger partial charge is 0.298 e. The average Bonchev–Trinajstić information content (AvgIpc) is 2.75. The van der Waals surface area contributed by atoms with Crippen LogP contribution in [0, 0.1) is 0 Å². The quantitative estimate of drug-likeness (QED) is 0.616. The van der Waals surface area contributed by atoms with Crippen LogP contribution in [-0.4, -0.2) is 10.2 Å². The van der Waals surface area contributed by atoms with E-state index >= 15 is 0 Å². The molecule has 0 aliphatic rings. The molecule has 0 amide bonds. The Morgan fingerprint density at radius 1 is 1.38 bits per heavy atom. The van der Waals surface area contributed by atoms with Crippen LogP contribution in [0.25, 0.3) is 9.88 Å². The molecule has 0 spiro atoms. The van der Waals surface area contributed by atoms with Gasteiger partial charge >= 0.3 is 0 Å². The fraction of sp³-hybridized carbons (Fsp3) is 0. The molecule has 3 N–H and O–H groups in total. The summed E-state index contributed by atoms with van der Waals surface area (Å²) in [5, 5.41) is 11.3. The first-order chi connectivity index (χ1) is 5.90. The van der Waals surface area contributed by atoms with E-state index in [0.29, 0.717) is 5.13 Å². The minimum Gasteiger partial charge on any atom is -0.298 e. The summed E-state index contributed by atoms with van der Waals surface area (Å²) in [5.74, 6) is 5.18. The molecule has 0 bridgehead atoms. The first-order valence-electron chi connectivity index (χ1n) is 3.24. The first-order valence-corrected chi connectivity index (χ1v) is 4.94. The molecule has 0 fully saturated rings. The van der Waals surface area contributed by atoms with Gasteiger partial charge in [-0.2, -0.15) is 0 Å². The fourth-order valence-electron chi connectivity index (χ4n) is 0.781. The number of nitrogens with one attached hydrogen (secondary N) is 1. The maximum Gasteiger partial charge on any atom is 0.220 e. The van der Waals surface area contributed by atoms with Crippen LogP contribution in [0.2, 0.25) is 0 Å². The third kappa shape index (κ3) is 2.16. The van der Waals surface area contributed by atoms with Crippen molar-refractivity contribution in [3.05, 3.63) is 17.5 Å². The van der Waals surface area contributed by atoms with Crippen molar-refractivity contribution in [2.75, 3.05) is 5.43 Å². The van der Waals surface area contributed by atoms with Crippen LogP contribution in [-0.2, 0) is 0 Å². The van der Waals surface area contributed by atoms with Crippen molar-refractivity contribution < 1.29 is 0 Å². The van der Waals surface area contributed by atoms with Gasteiger partial charge in [0, 0.05) is 0 Å². The normalized spacial score (nSPS) is 9.31. The number of nitrogens with two attached hydrogens (primary N) is 1. The molecule has 2 aromatic heterocycles. The minimum atomic E-state index is 0. The monoisotopic (exact) mass is 234 g/mol. The number of halogens is 1. The van der Waals surface area contributed by atoms with Gasteiger partial charge in [0.05, 0.1) is 4.88 Å². The molecule has 2 aromatic rings. The highest BCUT2D eigenvalue weighted by atomic mass is 35.5. The van der Waals surface area contributed by atoms with Crippen molar-refractivity contribution in [2.24, 2.45) is 5.84 Å². The van der Waals surface area contributed by atoms with Gasteiger partial charge in [-0.15, -0.1) is 33.9 Å². The molecule has 0 radical (unpaired) electrons. The van der Waals surface area contributed by atoms with Crippen LogP contribution >= 0.6 is 35.1 Å². The molecule has 2 heterocycles. The number of hydrogen-bond acceptors (Lipinski definition) is 6. The van der Waals surface area contributed by atoms with Gasteiger partial charge in [-0.25, -0.2) is 5.84 Å². The molecule has 0 saturated carbocycles. The topological polar surface area (TPSA) is 63.8 Å². The lowest BCUT2D eigenvalue weighted by molar-refractivity contribution is 1.08. The van der Waals surface area contributed by atoms with Crippen LogP contribution in [0.4, 0.5) is 5.13 Å². The predicted molar refractivity (Wildman–Crippen MR) is 58.3 cm³/mol. The number of aromatic nitrogens is 2. The summed E-state index contributed by atoms with van der Waals surface area (Å²) in [6.45, 7) is 0. The van der Waals surface area contributed by atoms with Crippen LogP contribution in [0.1, 0.15) is 0 Å². The Morgan fingerprint density at radius 3 is 2.77 bits per heavy atom. The van der Waals surface area contributed by atoms with Gasteiger partial charge in [-0.05, 0) is 11.4 Å². The number of hydrogen-bond donors (Lipinski definition) is 2. The van der Waals surface area contributed by atoms with Gasteiger partial charge in [0.1, 0.15) is 0 Å². The second-order valence-electron chi connectivity index (χ2n) is 2.03. The van der Waals surface area contributed by atoms with E-state index in [0.717, 1.165) is 9.88 Å². The van der Waals surface area contributed by atoms with E-state index in [1.165, 1.54) is 11.3 Å². The molecule has 13 heavy (non-hydrogen) atoms. The zero-order valence-corrected chi connectivity index (χ0v) is 8.88. The molecule has 0 aliphatic heterocycles. The van der Waals surface area contributed by atoms with Gasteiger partial charge < -0.3 is 0 Å². The third-order valence-electron chi connectivity index (χ3n) is 1.28. The summed E-state index contributed by atoms with van der Waals surface area (Å²) in [6.07, 6.45) is 0. The van der Waals surface area contributed by atoms with E-state index in [1.54, 1.807) is 11.3 Å². The lowest BCUT2D eigenvalue weighted by Crippen LogP contribution is -2.05. The van der Waals surface area contributed by atoms with Gasteiger partial charge in [0.2, 0.25) is 5.13 Å². The number of nitrogen functional groups attached to an aromatic ring is 1. The summed E-state index contributed by atoms with van der Waals surface area (Å²) in [4.78, 5) is 1.12. The standard InChI is InChI=1S/C6H6N4S2.ClH/c7-8-6-10-9-5(12-6)4-2-1-3-11-4;/h1-3H,7H2,(H,8,10);1H. The van der Waals surface area contributed by atoms with Crippen molar-refractivity contribution >= 4 is 40.2 Å². The zero-order chi connectivity index (χ0) is 8.39. The number of rotatable bonds is 2. The number of thiophene rings is 1. The SMILES string of the molecule is Cl.NNc1nnc(-c2cccs2)s1. The van der Waals surface area contributed by atoms with Crippen LogP contribution in [0.5, 0.6) is 0 Å². The van der Waals surface area contributed by atoms with E-state index < -0.39 is 0 Å². The second kappa shape index (κ2) is 4.52. The fourth-order valence-corrected chi connectivity index (χ4v) is 2.23. The lowest BCUT2D eigenvalue weighted by Gasteiger charge is -1.85. The van der Waals surface area contributed by atoms with E-state index in [-0.39, 0.29) is 12.4 Å². The molecule has 0 aromatic carbocycles. The number of hydrazine groups is 1. The Morgan fingerprint density at radius 2 is 2.23 bits per heavy atom. The molecular formula is C6H7ClN4S2. The molecule has 0 saturated heterocycles. The van der Waals surface area contributed by atoms with Gasteiger partial charge in [0.25, 0.3) is 0 Å². The van der Waals surface area contributed by atoms with E-state index in [2.05, 4.69) is 15.6 Å². The minimum absolute atomic E-state index is 0. The molecule has 4 nitrogen and oxygen atoms in total. The maximum absolute atomic E-state index is 5.18. The molecule has 0 aliphatic carbocycles. The van der Waals surface area contributed by atoms with Gasteiger partial charge in [-0.3, -0.25) is 5.43 Å². The lowest BCUT2D eigenvalue weighted by atomic mass is 10.5. The molecule has 2 rings (SSSR count). The number of anilines is 1. The maximum atomic E-state index is 5.18. The smallest absolute Gasteiger partial charge is 0.220 e. The van der Waals surface area contributed by atoms with Crippen LogP contribution < -0.4 is 11.3 Å². The van der Waals surface area contributed by atoms with Crippen LogP contribution in [0.3, 0.4) is 0 Å². The predicted octanol–water partition coefficient (Wildman–Crippen LogP) is 1.97. The van der Waals surface area contributed by atoms with Crippen molar-refractivity contribution in [1.82, 2.24) is 10.2 Å². The summed E-state index contributed by atoms with van der Waals surface area (Å²) < 4.78 is 0. The van der Waals surface area contributed by atoms with Gasteiger partial charge in [-0.1, -0.05) is 17.4 Å². The highest BCUT2D eigenvalue weighted by molar-refractivity contribution is 7.22. The number of nitrogens with zero attached hydrogens (tertiary/aromatic N) is 2. The summed E-state index contributed by atoms with van der Waals surface area (Å²) in [6, 6.07) is 3.99. The summed E-state index contributed by atoms with van der Waals surface area (Å²) in [7, 11) is 0. The van der Waals surface area contributed by atoms with E-state index in [1.807, 2.05) is 17.5 Å². The second-order valence-corrected chi connectivity index (χ2v) is 3.96. The first kappa shape index (κ1) is 10.4. The summed E-state index contributed by atoms with van der Waals surface area (Å²) >= 11 is 3.08. The van der Waals surface area contributed by atoms with Crippen LogP contribution in [0.15, 0.2) is 17.5 Å². The molecule has 7 heteroatoms. The molecule has 70 valence electrons. The van der Waals surface area contributed by atoms with E-state index in [9.17, 15) is 0 Å². The molecular weight excluding hydrogens is 228 g/mol. The van der Waals surface area contributed by atoms with Gasteiger partial charge in [0.15, 0.2) is 5.01 Å². The molecule has 0 atom stereocenters. The Labute approximate surface area is 89.2 Å². The Balaban J connectivity index is 0.000000845. The van der Waals surface area contributed by atoms with Crippen molar-refractivity contribution in [3.63, 3.8) is 0 Å². The Kier molecular flexibility index (Phi) is 3.61. The van der Waals surface area contributed by atoms with Crippen molar-refractivity contribution in [2.45, 2.75) is 0 Å². The summed E-state index contributed by atoms with van der Waals surface area (Å²) in [5.41, 5.74) is 2.46. The van der Waals surface area contributed by atoms with Crippen molar-refractivity contribution in [3.8, 4) is 9.88 Å². The van der Waals surface area contributed by atoms with E-state index in [4.69, 9.17) is 5.84 Å². The highest BCUT2D eigenvalue weighted by Crippen LogP contribution is 2.28. The highest BCUT2D eigenvalue weighted by Gasteiger charge is 2.05. The van der Waals surface area contributed by atoms with Crippen molar-refractivity contribution in [1.29, 1.82) is 0 Å². The Bertz CT molecular complexity index is 358. The average molecular weight is 235 g/mol. The Hall–Kier alpha value is -0.690. The third-order valence-corrected chi connectivity index (χ3v) is 3.17. The zero-order valence-electron chi connectivity index (χ0n) is 6.43. The molecule has 0 unspecified atom stereocenters.